The van der Waals surface area contributed by atoms with Crippen molar-refractivity contribution in [1.29, 1.82) is 0 Å². The molecule has 15 heavy (non-hydrogen) atoms. The fraction of sp³-hybridized carbons (Fsp3) is 0.818. The van der Waals surface area contributed by atoms with Crippen molar-refractivity contribution in [3.8, 4) is 0 Å². The van der Waals surface area contributed by atoms with Gasteiger partial charge in [-0.25, -0.2) is 0 Å². The number of Topliss-reactive ketones (excluding diaryl/α,β-unsaturated/α-hetero) is 1. The maximum atomic E-state index is 11.4. The minimum atomic E-state index is -0.0302. The number of likely N-dealkylation sites (N-methyl/N-ethyl adjacent to an activating group) is 1. The highest BCUT2D eigenvalue weighted by molar-refractivity contribution is 5.87. The van der Waals surface area contributed by atoms with Gasteiger partial charge in [0.2, 0.25) is 5.91 Å². The van der Waals surface area contributed by atoms with E-state index >= 15 is 0 Å². The minimum Gasteiger partial charge on any atom is -0.355 e. The highest BCUT2D eigenvalue weighted by Gasteiger charge is 2.28. The molecule has 0 aromatic heterocycles. The second-order valence-electron chi connectivity index (χ2n) is 4.14. The normalized spacial score (nSPS) is 21.0. The van der Waals surface area contributed by atoms with Gasteiger partial charge >= 0.3 is 0 Å². The first-order chi connectivity index (χ1) is 7.15. The summed E-state index contributed by atoms with van der Waals surface area (Å²) < 4.78 is 0. The summed E-state index contributed by atoms with van der Waals surface area (Å²) in [6.07, 6.45) is 3.48. The van der Waals surface area contributed by atoms with Crippen LogP contribution >= 0.6 is 0 Å². The molecule has 1 aliphatic rings. The van der Waals surface area contributed by atoms with Gasteiger partial charge in [0.1, 0.15) is 5.78 Å². The Balaban J connectivity index is 2.31. The Hall–Kier alpha value is -0.900. The molecular weight excluding hydrogens is 192 g/mol. The number of rotatable bonds is 5. The zero-order valence-corrected chi connectivity index (χ0v) is 9.58. The Labute approximate surface area is 91.0 Å². The number of ketones is 1. The van der Waals surface area contributed by atoms with E-state index in [-0.39, 0.29) is 17.7 Å². The van der Waals surface area contributed by atoms with Crippen molar-refractivity contribution in [2.75, 3.05) is 20.1 Å². The molecule has 1 N–H and O–H groups in total. The van der Waals surface area contributed by atoms with Crippen molar-refractivity contribution in [1.82, 2.24) is 10.2 Å². The second-order valence-corrected chi connectivity index (χ2v) is 4.14. The molecule has 0 aromatic carbocycles. The van der Waals surface area contributed by atoms with Crippen LogP contribution in [0, 0.1) is 0 Å². The first-order valence-corrected chi connectivity index (χ1v) is 5.64. The van der Waals surface area contributed by atoms with E-state index in [4.69, 9.17) is 0 Å². The van der Waals surface area contributed by atoms with Gasteiger partial charge in [0.05, 0.1) is 12.6 Å². The number of amides is 1. The van der Waals surface area contributed by atoms with Crippen LogP contribution in [-0.2, 0) is 9.59 Å². The number of nitrogens with zero attached hydrogens (tertiary/aromatic N) is 1. The molecule has 0 saturated heterocycles. The molecule has 0 heterocycles. The molecule has 1 rings (SSSR count). The number of carbonyl (C=O) groups excluding carboxylic acids is 2. The molecule has 1 atom stereocenters. The Morgan fingerprint density at radius 1 is 1.60 bits per heavy atom. The van der Waals surface area contributed by atoms with E-state index < -0.39 is 0 Å². The minimum absolute atomic E-state index is 0.0130. The summed E-state index contributed by atoms with van der Waals surface area (Å²) in [6, 6.07) is -0.0302. The van der Waals surface area contributed by atoms with E-state index in [1.54, 1.807) is 0 Å². The van der Waals surface area contributed by atoms with E-state index in [1.165, 1.54) is 0 Å². The second kappa shape index (κ2) is 5.85. The molecular formula is C11H20N2O2. The molecule has 4 nitrogen and oxygen atoms in total. The molecule has 0 bridgehead atoms. The molecule has 0 aliphatic heterocycles. The molecule has 1 unspecified atom stereocenters. The van der Waals surface area contributed by atoms with Crippen molar-refractivity contribution < 1.29 is 9.59 Å². The molecule has 4 heteroatoms. The third kappa shape index (κ3) is 3.63. The van der Waals surface area contributed by atoms with Crippen LogP contribution in [0.5, 0.6) is 0 Å². The molecule has 1 fully saturated rings. The third-order valence-corrected chi connectivity index (χ3v) is 2.77. The van der Waals surface area contributed by atoms with Gasteiger partial charge in [-0.3, -0.25) is 14.5 Å². The largest absolute Gasteiger partial charge is 0.355 e. The molecule has 86 valence electrons. The van der Waals surface area contributed by atoms with Crippen LogP contribution in [0.15, 0.2) is 0 Å². The van der Waals surface area contributed by atoms with Crippen LogP contribution in [0.4, 0.5) is 0 Å². The summed E-state index contributed by atoms with van der Waals surface area (Å²) in [6.45, 7) is 3.06. The smallest absolute Gasteiger partial charge is 0.234 e. The van der Waals surface area contributed by atoms with Gasteiger partial charge in [0, 0.05) is 13.0 Å². The van der Waals surface area contributed by atoms with Crippen LogP contribution in [0.1, 0.15) is 32.6 Å². The standard InChI is InChI=1S/C11H20N2O2/c1-3-7-12-11(15)8-13(2)9-5-4-6-10(9)14/h9H,3-8H2,1-2H3,(H,12,15). The highest BCUT2D eigenvalue weighted by atomic mass is 16.2. The van der Waals surface area contributed by atoms with Crippen molar-refractivity contribution in [3.05, 3.63) is 0 Å². The van der Waals surface area contributed by atoms with Crippen LogP contribution in [0.25, 0.3) is 0 Å². The maximum Gasteiger partial charge on any atom is 0.234 e. The predicted molar refractivity (Wildman–Crippen MR) is 58.6 cm³/mol. The van der Waals surface area contributed by atoms with Crippen molar-refractivity contribution in [3.63, 3.8) is 0 Å². The lowest BCUT2D eigenvalue weighted by Crippen LogP contribution is -2.42. The Kier molecular flexibility index (Phi) is 4.75. The van der Waals surface area contributed by atoms with Crippen LogP contribution in [0.3, 0.4) is 0 Å². The number of carbonyl (C=O) groups is 2. The van der Waals surface area contributed by atoms with Crippen molar-refractivity contribution in [2.45, 2.75) is 38.6 Å². The topological polar surface area (TPSA) is 49.4 Å². The summed E-state index contributed by atoms with van der Waals surface area (Å²) in [7, 11) is 1.85. The van der Waals surface area contributed by atoms with Gasteiger partial charge in [-0.15, -0.1) is 0 Å². The first kappa shape index (κ1) is 12.2. The number of nitrogens with one attached hydrogen (secondary N) is 1. The lowest BCUT2D eigenvalue weighted by atomic mass is 10.2. The summed E-state index contributed by atoms with van der Waals surface area (Å²) in [4.78, 5) is 24.7. The summed E-state index contributed by atoms with van der Waals surface area (Å²) >= 11 is 0. The van der Waals surface area contributed by atoms with Gasteiger partial charge in [0.15, 0.2) is 0 Å². The molecule has 0 radical (unpaired) electrons. The maximum absolute atomic E-state index is 11.4. The van der Waals surface area contributed by atoms with E-state index in [0.717, 1.165) is 19.3 Å². The van der Waals surface area contributed by atoms with Gasteiger partial charge in [0.25, 0.3) is 0 Å². The summed E-state index contributed by atoms with van der Waals surface area (Å²) in [5, 5.41) is 2.81. The molecule has 1 saturated carbocycles. The summed E-state index contributed by atoms with van der Waals surface area (Å²) in [5.41, 5.74) is 0. The van der Waals surface area contributed by atoms with Gasteiger partial charge in [-0.2, -0.15) is 0 Å². The Bertz CT molecular complexity index is 241. The van der Waals surface area contributed by atoms with Gasteiger partial charge in [-0.05, 0) is 26.3 Å². The third-order valence-electron chi connectivity index (χ3n) is 2.77. The van der Waals surface area contributed by atoms with Gasteiger partial charge < -0.3 is 5.32 Å². The fourth-order valence-electron chi connectivity index (χ4n) is 1.92. The average molecular weight is 212 g/mol. The Morgan fingerprint density at radius 2 is 2.33 bits per heavy atom. The molecule has 1 amide bonds. The quantitative estimate of drug-likeness (QED) is 0.724. The van der Waals surface area contributed by atoms with E-state index in [9.17, 15) is 9.59 Å². The zero-order chi connectivity index (χ0) is 11.3. The van der Waals surface area contributed by atoms with Crippen molar-refractivity contribution >= 4 is 11.7 Å². The molecule has 1 aliphatic carbocycles. The predicted octanol–water partition coefficient (Wildman–Crippen LogP) is 0.566. The van der Waals surface area contributed by atoms with Crippen LogP contribution < -0.4 is 5.32 Å². The lowest BCUT2D eigenvalue weighted by Gasteiger charge is -2.21. The van der Waals surface area contributed by atoms with Crippen LogP contribution in [-0.4, -0.2) is 42.8 Å². The first-order valence-electron chi connectivity index (χ1n) is 5.64. The Morgan fingerprint density at radius 3 is 2.87 bits per heavy atom. The zero-order valence-electron chi connectivity index (χ0n) is 9.58. The highest BCUT2D eigenvalue weighted by Crippen LogP contribution is 2.18. The van der Waals surface area contributed by atoms with E-state index in [1.807, 2.05) is 18.9 Å². The molecule has 0 spiro atoms. The number of hydrogen-bond donors (Lipinski definition) is 1. The van der Waals surface area contributed by atoms with Crippen molar-refractivity contribution in [2.24, 2.45) is 0 Å². The molecule has 0 aromatic rings. The number of hydrogen-bond acceptors (Lipinski definition) is 3. The van der Waals surface area contributed by atoms with Crippen LogP contribution in [0.2, 0.25) is 0 Å². The van der Waals surface area contributed by atoms with E-state index in [2.05, 4.69) is 5.32 Å². The lowest BCUT2D eigenvalue weighted by molar-refractivity contribution is -0.125. The average Bonchev–Trinajstić information content (AvgIpc) is 2.61. The van der Waals surface area contributed by atoms with E-state index in [0.29, 0.717) is 19.5 Å². The SMILES string of the molecule is CCCNC(=O)CN(C)C1CCCC1=O. The fourth-order valence-corrected chi connectivity index (χ4v) is 1.92. The summed E-state index contributed by atoms with van der Waals surface area (Å²) in [5.74, 6) is 0.292. The monoisotopic (exact) mass is 212 g/mol. The van der Waals surface area contributed by atoms with Gasteiger partial charge in [-0.1, -0.05) is 6.92 Å².